The fraction of sp³-hybridized carbons (Fsp3) is 0.167. The number of rotatable bonds is 3. The molecule has 3 aromatic rings. The van der Waals surface area contributed by atoms with Crippen LogP contribution in [0, 0.1) is 0 Å². The van der Waals surface area contributed by atoms with Gasteiger partial charge in [-0.1, -0.05) is 45.4 Å². The molecule has 1 aliphatic heterocycles. The van der Waals surface area contributed by atoms with Gasteiger partial charge in [0, 0.05) is 27.2 Å². The number of aromatic nitrogens is 2. The molecule has 0 radical (unpaired) electrons. The van der Waals surface area contributed by atoms with Gasteiger partial charge in [-0.15, -0.1) is 0 Å². The van der Waals surface area contributed by atoms with Crippen molar-refractivity contribution in [1.82, 2.24) is 15.5 Å². The van der Waals surface area contributed by atoms with Gasteiger partial charge in [0.1, 0.15) is 5.84 Å². The van der Waals surface area contributed by atoms with E-state index in [-0.39, 0.29) is 0 Å². The molecule has 0 amide bonds. The molecule has 24 heavy (non-hydrogen) atoms. The number of benzene rings is 2. The first-order chi connectivity index (χ1) is 11.7. The number of halogens is 1. The monoisotopic (exact) mass is 382 g/mol. The van der Waals surface area contributed by atoms with E-state index in [1.54, 1.807) is 0 Å². The van der Waals surface area contributed by atoms with Gasteiger partial charge in [0.25, 0.3) is 5.89 Å². The number of nitrogens with zero attached hydrogens (tertiary/aromatic N) is 3. The molecule has 1 unspecified atom stereocenters. The summed E-state index contributed by atoms with van der Waals surface area (Å²) in [7, 11) is 0. The Kier molecular flexibility index (Phi) is 3.90. The van der Waals surface area contributed by atoms with E-state index in [1.807, 2.05) is 48.5 Å². The molecule has 0 fully saturated rings. The minimum absolute atomic E-state index is 0.394. The summed E-state index contributed by atoms with van der Waals surface area (Å²) in [5.74, 6) is 2.03. The van der Waals surface area contributed by atoms with Crippen LogP contribution in [0.25, 0.3) is 22.8 Å². The highest BCUT2D eigenvalue weighted by molar-refractivity contribution is 9.10. The summed E-state index contributed by atoms with van der Waals surface area (Å²) in [4.78, 5) is 8.97. The molecule has 0 saturated heterocycles. The standard InChI is InChI=1S/C18H15BrN4O/c1-11-10-20-16(21-11)12-2-4-13(5-3-12)17-22-18(24-23-17)14-6-8-15(19)9-7-14/h2-9,11H,10H2,1H3,(H,20,21). The summed E-state index contributed by atoms with van der Waals surface area (Å²) in [6.45, 7) is 2.94. The molecule has 0 spiro atoms. The lowest BCUT2D eigenvalue weighted by Gasteiger charge is -2.06. The van der Waals surface area contributed by atoms with E-state index in [1.165, 1.54) is 0 Å². The lowest BCUT2D eigenvalue weighted by Crippen LogP contribution is -2.27. The predicted molar refractivity (Wildman–Crippen MR) is 96.9 cm³/mol. The van der Waals surface area contributed by atoms with E-state index in [4.69, 9.17) is 4.52 Å². The van der Waals surface area contributed by atoms with Crippen molar-refractivity contribution in [3.05, 3.63) is 58.6 Å². The first-order valence-electron chi connectivity index (χ1n) is 7.70. The Morgan fingerprint density at radius 2 is 1.67 bits per heavy atom. The van der Waals surface area contributed by atoms with Crippen LogP contribution in [0.1, 0.15) is 12.5 Å². The zero-order valence-corrected chi connectivity index (χ0v) is 14.6. The average Bonchev–Trinajstić information content (AvgIpc) is 3.25. The van der Waals surface area contributed by atoms with E-state index < -0.39 is 0 Å². The van der Waals surface area contributed by atoms with E-state index in [2.05, 4.69) is 43.3 Å². The van der Waals surface area contributed by atoms with Crippen LogP contribution in [0.5, 0.6) is 0 Å². The van der Waals surface area contributed by atoms with Crippen molar-refractivity contribution in [2.45, 2.75) is 13.0 Å². The molecule has 0 bridgehead atoms. The van der Waals surface area contributed by atoms with Gasteiger partial charge in [-0.05, 0) is 31.2 Å². The molecule has 2 heterocycles. The van der Waals surface area contributed by atoms with Gasteiger partial charge >= 0.3 is 0 Å². The van der Waals surface area contributed by atoms with Crippen molar-refractivity contribution >= 4 is 21.8 Å². The number of hydrogen-bond donors (Lipinski definition) is 1. The van der Waals surface area contributed by atoms with Crippen LogP contribution in [0.2, 0.25) is 0 Å². The quantitative estimate of drug-likeness (QED) is 0.745. The van der Waals surface area contributed by atoms with Crippen LogP contribution in [-0.2, 0) is 0 Å². The zero-order valence-electron chi connectivity index (χ0n) is 13.0. The Hall–Kier alpha value is -2.47. The fourth-order valence-corrected chi connectivity index (χ4v) is 2.82. The number of nitrogens with one attached hydrogen (secondary N) is 1. The smallest absolute Gasteiger partial charge is 0.258 e. The van der Waals surface area contributed by atoms with Crippen molar-refractivity contribution in [3.63, 3.8) is 0 Å². The zero-order chi connectivity index (χ0) is 16.5. The Balaban J connectivity index is 1.57. The number of amidine groups is 1. The highest BCUT2D eigenvalue weighted by Crippen LogP contribution is 2.24. The van der Waals surface area contributed by atoms with E-state index in [9.17, 15) is 0 Å². The summed E-state index contributed by atoms with van der Waals surface area (Å²) in [6, 6.07) is 16.2. The second kappa shape index (κ2) is 6.20. The van der Waals surface area contributed by atoms with Gasteiger partial charge in [0.2, 0.25) is 5.82 Å². The summed E-state index contributed by atoms with van der Waals surface area (Å²) in [5.41, 5.74) is 2.88. The second-order valence-corrected chi connectivity index (χ2v) is 6.66. The van der Waals surface area contributed by atoms with Crippen LogP contribution in [0.3, 0.4) is 0 Å². The molecule has 5 nitrogen and oxygen atoms in total. The van der Waals surface area contributed by atoms with Crippen molar-refractivity contribution in [1.29, 1.82) is 0 Å². The van der Waals surface area contributed by atoms with E-state index >= 15 is 0 Å². The summed E-state index contributed by atoms with van der Waals surface area (Å²) < 4.78 is 6.39. The van der Waals surface area contributed by atoms with Gasteiger partial charge in [0.15, 0.2) is 0 Å². The lowest BCUT2D eigenvalue weighted by molar-refractivity contribution is 0.432. The maximum atomic E-state index is 5.38. The lowest BCUT2D eigenvalue weighted by atomic mass is 10.1. The maximum Gasteiger partial charge on any atom is 0.258 e. The van der Waals surface area contributed by atoms with Crippen LogP contribution in [0.15, 0.2) is 62.5 Å². The normalized spacial score (nSPS) is 16.8. The highest BCUT2D eigenvalue weighted by atomic mass is 79.9. The molecular weight excluding hydrogens is 368 g/mol. The molecule has 1 N–H and O–H groups in total. The van der Waals surface area contributed by atoms with Gasteiger partial charge in [-0.25, -0.2) is 0 Å². The van der Waals surface area contributed by atoms with Crippen LogP contribution in [-0.4, -0.2) is 28.6 Å². The molecule has 120 valence electrons. The Bertz CT molecular complexity index is 884. The van der Waals surface area contributed by atoms with Crippen LogP contribution in [0.4, 0.5) is 0 Å². The molecule has 1 atom stereocenters. The second-order valence-electron chi connectivity index (χ2n) is 5.74. The molecule has 0 saturated carbocycles. The van der Waals surface area contributed by atoms with Gasteiger partial charge in [0.05, 0.1) is 6.54 Å². The van der Waals surface area contributed by atoms with Crippen molar-refractivity contribution in [2.24, 2.45) is 4.99 Å². The minimum atomic E-state index is 0.394. The van der Waals surface area contributed by atoms with Gasteiger partial charge in [-0.3, -0.25) is 4.99 Å². The van der Waals surface area contributed by atoms with Crippen molar-refractivity contribution in [2.75, 3.05) is 6.54 Å². The average molecular weight is 383 g/mol. The third-order valence-corrected chi connectivity index (χ3v) is 4.37. The minimum Gasteiger partial charge on any atom is -0.366 e. The van der Waals surface area contributed by atoms with Crippen molar-refractivity contribution in [3.8, 4) is 22.8 Å². The van der Waals surface area contributed by atoms with Crippen molar-refractivity contribution < 1.29 is 4.52 Å². The third kappa shape index (κ3) is 2.97. The Labute approximate surface area is 147 Å². The van der Waals surface area contributed by atoms with Crippen LogP contribution < -0.4 is 5.32 Å². The van der Waals surface area contributed by atoms with Crippen LogP contribution >= 0.6 is 15.9 Å². The number of hydrogen-bond acceptors (Lipinski definition) is 5. The third-order valence-electron chi connectivity index (χ3n) is 3.84. The maximum absolute atomic E-state index is 5.38. The highest BCUT2D eigenvalue weighted by Gasteiger charge is 2.15. The fourth-order valence-electron chi connectivity index (χ4n) is 2.56. The Morgan fingerprint density at radius 3 is 2.33 bits per heavy atom. The first kappa shape index (κ1) is 15.1. The van der Waals surface area contributed by atoms with Gasteiger partial charge in [-0.2, -0.15) is 4.98 Å². The SMILES string of the molecule is CC1CN=C(c2ccc(-c3noc(-c4ccc(Br)cc4)n3)cc2)N1. The summed E-state index contributed by atoms with van der Waals surface area (Å²) in [5, 5.41) is 7.44. The molecule has 0 aliphatic carbocycles. The topological polar surface area (TPSA) is 63.3 Å². The summed E-state index contributed by atoms with van der Waals surface area (Å²) in [6.07, 6.45) is 0. The number of aliphatic imine (C=N–C) groups is 1. The molecule has 1 aliphatic rings. The largest absolute Gasteiger partial charge is 0.366 e. The molecule has 2 aromatic carbocycles. The first-order valence-corrected chi connectivity index (χ1v) is 8.50. The predicted octanol–water partition coefficient (Wildman–Crippen LogP) is 3.90. The summed E-state index contributed by atoms with van der Waals surface area (Å²) >= 11 is 3.42. The molecular formula is C18H15BrN4O. The molecule has 4 rings (SSSR count). The van der Waals surface area contributed by atoms with Gasteiger partial charge < -0.3 is 9.84 Å². The molecule has 1 aromatic heterocycles. The van der Waals surface area contributed by atoms with E-state index in [0.717, 1.165) is 33.5 Å². The Morgan fingerprint density at radius 1 is 1.00 bits per heavy atom. The van der Waals surface area contributed by atoms with E-state index in [0.29, 0.717) is 17.8 Å². The molecule has 6 heteroatoms.